The van der Waals surface area contributed by atoms with Crippen molar-refractivity contribution in [3.05, 3.63) is 16.6 Å². The molecule has 1 rings (SSSR count). The van der Waals surface area contributed by atoms with E-state index in [9.17, 15) is 13.5 Å². The molecule has 0 heterocycles. The third-order valence-corrected chi connectivity index (χ3v) is 5.80. The quantitative estimate of drug-likeness (QED) is 0.779. The van der Waals surface area contributed by atoms with Crippen LogP contribution in [0.5, 0.6) is 11.5 Å². The van der Waals surface area contributed by atoms with Gasteiger partial charge in [-0.05, 0) is 35.3 Å². The summed E-state index contributed by atoms with van der Waals surface area (Å²) in [4.78, 5) is 0.0910. The van der Waals surface area contributed by atoms with Gasteiger partial charge in [-0.1, -0.05) is 0 Å². The molecule has 0 aliphatic rings. The predicted octanol–water partition coefficient (Wildman–Crippen LogP) is 1.86. The van der Waals surface area contributed by atoms with E-state index >= 15 is 0 Å². The Bertz CT molecular complexity index is 588. The van der Waals surface area contributed by atoms with Gasteiger partial charge in [0.05, 0.1) is 20.3 Å². The fraction of sp³-hybridized carbons (Fsp3) is 0.538. The molecule has 0 saturated carbocycles. The van der Waals surface area contributed by atoms with E-state index in [4.69, 9.17) is 9.47 Å². The maximum Gasteiger partial charge on any atom is 0.244 e. The van der Waals surface area contributed by atoms with Gasteiger partial charge in [0.25, 0.3) is 0 Å². The number of rotatable bonds is 7. The van der Waals surface area contributed by atoms with Gasteiger partial charge in [-0.3, -0.25) is 0 Å². The lowest BCUT2D eigenvalue weighted by Crippen LogP contribution is -2.29. The number of halogens is 1. The van der Waals surface area contributed by atoms with E-state index < -0.39 is 16.1 Å². The molecule has 1 unspecified atom stereocenters. The van der Waals surface area contributed by atoms with Crippen LogP contribution >= 0.6 is 15.9 Å². The topological polar surface area (TPSA) is 76.1 Å². The lowest BCUT2D eigenvalue weighted by molar-refractivity contribution is 0.177. The highest BCUT2D eigenvalue weighted by Gasteiger charge is 2.25. The van der Waals surface area contributed by atoms with Gasteiger partial charge in [0.2, 0.25) is 10.0 Å². The molecule has 1 aromatic carbocycles. The van der Waals surface area contributed by atoms with Gasteiger partial charge in [-0.2, -0.15) is 0 Å². The molecular weight excluding hydrogens is 362 g/mol. The van der Waals surface area contributed by atoms with E-state index in [0.717, 1.165) is 0 Å². The first kappa shape index (κ1) is 18.2. The lowest BCUT2D eigenvalue weighted by Gasteiger charge is -2.20. The Labute approximate surface area is 133 Å². The maximum atomic E-state index is 12.6. The number of hydrogen-bond donors (Lipinski definition) is 1. The Balaban J connectivity index is 3.19. The fourth-order valence-corrected chi connectivity index (χ4v) is 3.87. The van der Waals surface area contributed by atoms with Crippen LogP contribution in [0.15, 0.2) is 21.5 Å². The van der Waals surface area contributed by atoms with Crippen LogP contribution < -0.4 is 9.47 Å². The van der Waals surface area contributed by atoms with Crippen LogP contribution in [0.1, 0.15) is 13.3 Å². The molecule has 0 amide bonds. The summed E-state index contributed by atoms with van der Waals surface area (Å²) >= 11 is 3.24. The molecule has 0 aliphatic carbocycles. The summed E-state index contributed by atoms with van der Waals surface area (Å²) in [6.07, 6.45) is -0.197. The molecule has 0 radical (unpaired) electrons. The van der Waals surface area contributed by atoms with Crippen LogP contribution in [0.4, 0.5) is 0 Å². The second kappa shape index (κ2) is 7.44. The van der Waals surface area contributed by atoms with Crippen LogP contribution in [0, 0.1) is 0 Å². The van der Waals surface area contributed by atoms with E-state index in [1.165, 1.54) is 31.6 Å². The Morgan fingerprint density at radius 3 is 2.29 bits per heavy atom. The third kappa shape index (κ3) is 4.32. The number of aliphatic hydroxyl groups excluding tert-OH is 1. The highest BCUT2D eigenvalue weighted by Crippen LogP contribution is 2.36. The molecule has 6 nitrogen and oxygen atoms in total. The van der Waals surface area contributed by atoms with Gasteiger partial charge in [-0.15, -0.1) is 0 Å². The van der Waals surface area contributed by atoms with Crippen molar-refractivity contribution in [2.75, 3.05) is 27.8 Å². The van der Waals surface area contributed by atoms with Crippen LogP contribution in [0.2, 0.25) is 0 Å². The van der Waals surface area contributed by atoms with Crippen molar-refractivity contribution in [1.29, 1.82) is 0 Å². The minimum atomic E-state index is -3.68. The monoisotopic (exact) mass is 381 g/mol. The van der Waals surface area contributed by atoms with Gasteiger partial charge < -0.3 is 14.6 Å². The van der Waals surface area contributed by atoms with E-state index in [2.05, 4.69) is 15.9 Å². The van der Waals surface area contributed by atoms with Gasteiger partial charge >= 0.3 is 0 Å². The zero-order chi connectivity index (χ0) is 16.2. The average molecular weight is 382 g/mol. The summed E-state index contributed by atoms with van der Waals surface area (Å²) < 4.78 is 37.0. The molecular formula is C13H20BrNO5S. The molecule has 0 bridgehead atoms. The van der Waals surface area contributed by atoms with E-state index in [-0.39, 0.29) is 11.4 Å². The molecule has 120 valence electrons. The molecule has 21 heavy (non-hydrogen) atoms. The van der Waals surface area contributed by atoms with E-state index in [1.807, 2.05) is 0 Å². The minimum Gasteiger partial charge on any atom is -0.493 e. The average Bonchev–Trinajstić information content (AvgIpc) is 2.43. The number of nitrogens with zero attached hydrogens (tertiary/aromatic N) is 1. The van der Waals surface area contributed by atoms with Crippen LogP contribution in [0.25, 0.3) is 0 Å². The molecule has 0 spiro atoms. The summed E-state index contributed by atoms with van der Waals surface area (Å²) in [6, 6.07) is 2.96. The van der Waals surface area contributed by atoms with Gasteiger partial charge in [0.1, 0.15) is 4.90 Å². The molecule has 0 aromatic heterocycles. The zero-order valence-corrected chi connectivity index (χ0v) is 14.9. The fourth-order valence-electron chi connectivity index (χ4n) is 1.69. The first-order valence-electron chi connectivity index (χ1n) is 6.30. The van der Waals surface area contributed by atoms with Gasteiger partial charge in [0, 0.05) is 24.1 Å². The van der Waals surface area contributed by atoms with E-state index in [1.54, 1.807) is 13.0 Å². The van der Waals surface area contributed by atoms with Crippen molar-refractivity contribution < 1.29 is 23.0 Å². The van der Waals surface area contributed by atoms with Crippen molar-refractivity contribution >= 4 is 26.0 Å². The highest BCUT2D eigenvalue weighted by molar-refractivity contribution is 9.10. The first-order valence-corrected chi connectivity index (χ1v) is 8.53. The van der Waals surface area contributed by atoms with Crippen LogP contribution in [-0.2, 0) is 10.0 Å². The minimum absolute atomic E-state index is 0.0910. The van der Waals surface area contributed by atoms with Crippen LogP contribution in [-0.4, -0.2) is 51.7 Å². The largest absolute Gasteiger partial charge is 0.493 e. The van der Waals surface area contributed by atoms with Crippen molar-refractivity contribution in [1.82, 2.24) is 4.31 Å². The second-order valence-electron chi connectivity index (χ2n) is 4.60. The lowest BCUT2D eigenvalue weighted by atomic mass is 10.3. The van der Waals surface area contributed by atoms with Crippen molar-refractivity contribution in [2.45, 2.75) is 24.3 Å². The van der Waals surface area contributed by atoms with Gasteiger partial charge in [0.15, 0.2) is 11.5 Å². The Hall–Kier alpha value is -0.830. The summed E-state index contributed by atoms with van der Waals surface area (Å²) in [5.74, 6) is 0.776. The van der Waals surface area contributed by atoms with Crippen LogP contribution in [0.3, 0.4) is 0 Å². The highest BCUT2D eigenvalue weighted by atomic mass is 79.9. The molecule has 0 fully saturated rings. The maximum absolute atomic E-state index is 12.6. The van der Waals surface area contributed by atoms with E-state index in [0.29, 0.717) is 22.4 Å². The number of sulfonamides is 1. The number of benzene rings is 1. The summed E-state index contributed by atoms with van der Waals surface area (Å²) in [5.41, 5.74) is 0. The van der Waals surface area contributed by atoms with Crippen molar-refractivity contribution in [3.63, 3.8) is 0 Å². The number of hydrogen-bond acceptors (Lipinski definition) is 5. The Morgan fingerprint density at radius 1 is 1.29 bits per heavy atom. The number of aliphatic hydroxyl groups is 1. The van der Waals surface area contributed by atoms with Crippen molar-refractivity contribution in [3.8, 4) is 11.5 Å². The first-order chi connectivity index (χ1) is 9.73. The molecule has 0 aliphatic heterocycles. The molecule has 1 atom stereocenters. The summed E-state index contributed by atoms with van der Waals surface area (Å²) in [6.45, 7) is 1.84. The standard InChI is InChI=1S/C13H20BrNO5S/c1-9(16)5-6-15(2)21(17,18)13-8-12(20-4)11(19-3)7-10(13)14/h7-9,16H,5-6H2,1-4H3. The predicted molar refractivity (Wildman–Crippen MR) is 83.4 cm³/mol. The number of ether oxygens (including phenoxy) is 2. The third-order valence-electron chi connectivity index (χ3n) is 2.99. The smallest absolute Gasteiger partial charge is 0.244 e. The van der Waals surface area contributed by atoms with Crippen molar-refractivity contribution in [2.24, 2.45) is 0 Å². The Morgan fingerprint density at radius 2 is 1.81 bits per heavy atom. The second-order valence-corrected chi connectivity index (χ2v) is 7.47. The summed E-state index contributed by atoms with van der Waals surface area (Å²) in [7, 11) is 0.713. The normalized spacial score (nSPS) is 13.3. The molecule has 8 heteroatoms. The summed E-state index contributed by atoms with van der Waals surface area (Å²) in [5, 5.41) is 9.28. The van der Waals surface area contributed by atoms with Gasteiger partial charge in [-0.25, -0.2) is 12.7 Å². The molecule has 0 saturated heterocycles. The molecule has 1 aromatic rings. The molecule has 1 N–H and O–H groups in total. The Kier molecular flexibility index (Phi) is 6.45. The number of methoxy groups -OCH3 is 2. The zero-order valence-electron chi connectivity index (χ0n) is 12.5. The SMILES string of the molecule is COc1cc(Br)c(S(=O)(=O)N(C)CCC(C)O)cc1OC.